The van der Waals surface area contributed by atoms with Gasteiger partial charge in [0.2, 0.25) is 5.91 Å². The highest BCUT2D eigenvalue weighted by molar-refractivity contribution is 8.76. The molecule has 120 valence electrons. The number of ether oxygens (including phenoxy) is 1. The van der Waals surface area contributed by atoms with E-state index >= 15 is 0 Å². The minimum Gasteiger partial charge on any atom is -0.465 e. The maximum Gasteiger partial charge on any atom is 0.306 e. The molecule has 0 saturated carbocycles. The molecule has 20 heavy (non-hydrogen) atoms. The molecule has 0 atom stereocenters. The lowest BCUT2D eigenvalue weighted by molar-refractivity contribution is -0.144. The smallest absolute Gasteiger partial charge is 0.306 e. The van der Waals surface area contributed by atoms with Crippen molar-refractivity contribution >= 4 is 33.5 Å². The maximum atomic E-state index is 11.4. The molecule has 0 aromatic heterocycles. The number of amides is 1. The Balaban J connectivity index is 0. The maximum absolute atomic E-state index is 11.4. The first kappa shape index (κ1) is 19.6. The fraction of sp³-hybridized carbons (Fsp3) is 0.857. The summed E-state index contributed by atoms with van der Waals surface area (Å²) in [6, 6.07) is 0.109. The van der Waals surface area contributed by atoms with Gasteiger partial charge in [0.05, 0.1) is 6.42 Å². The lowest BCUT2D eigenvalue weighted by atomic mass is 10.2. The molecular formula is C14H29NO3S2. The quantitative estimate of drug-likeness (QED) is 0.358. The summed E-state index contributed by atoms with van der Waals surface area (Å²) in [6.45, 7) is 8.63. The fourth-order valence-electron chi connectivity index (χ4n) is 1.27. The van der Waals surface area contributed by atoms with E-state index in [1.165, 1.54) is 6.42 Å². The van der Waals surface area contributed by atoms with Crippen molar-refractivity contribution in [3.63, 3.8) is 0 Å². The summed E-state index contributed by atoms with van der Waals surface area (Å²) in [4.78, 5) is 22.7. The van der Waals surface area contributed by atoms with Crippen LogP contribution in [0.2, 0.25) is 0 Å². The van der Waals surface area contributed by atoms with Crippen LogP contribution in [0.25, 0.3) is 0 Å². The van der Waals surface area contributed by atoms with E-state index in [4.69, 9.17) is 4.74 Å². The molecule has 6 heteroatoms. The second-order valence-corrected chi connectivity index (χ2v) is 7.97. The lowest BCUT2D eigenvalue weighted by Gasteiger charge is -2.08. The van der Waals surface area contributed by atoms with Crippen LogP contribution in [0.1, 0.15) is 48.4 Å². The van der Waals surface area contributed by atoms with Crippen molar-refractivity contribution < 1.29 is 15.8 Å². The third-order valence-corrected chi connectivity index (χ3v) is 4.70. The van der Waals surface area contributed by atoms with Crippen molar-refractivity contribution in [3.05, 3.63) is 0 Å². The highest BCUT2D eigenvalue weighted by Crippen LogP contribution is 2.23. The summed E-state index contributed by atoms with van der Waals surface area (Å²) in [5, 5.41) is 2.74. The van der Waals surface area contributed by atoms with E-state index in [1.54, 1.807) is 10.8 Å². The van der Waals surface area contributed by atoms with E-state index in [1.807, 2.05) is 24.6 Å². The summed E-state index contributed by atoms with van der Waals surface area (Å²) in [5.41, 5.74) is 0. The first-order chi connectivity index (χ1) is 9.41. The SMILES string of the molecule is CC(C)CCSSCCOC(=O)CCC(=O)NC(C)C.[HH]. The molecule has 4 nitrogen and oxygen atoms in total. The normalized spacial score (nSPS) is 10.9. The molecule has 0 aromatic carbocycles. The second-order valence-electron chi connectivity index (χ2n) is 5.27. The molecule has 0 aromatic rings. The van der Waals surface area contributed by atoms with Crippen LogP contribution in [0.5, 0.6) is 0 Å². The van der Waals surface area contributed by atoms with E-state index in [9.17, 15) is 9.59 Å². The molecule has 0 rings (SSSR count). The molecule has 0 aliphatic carbocycles. The van der Waals surface area contributed by atoms with Crippen LogP contribution in [0.3, 0.4) is 0 Å². The van der Waals surface area contributed by atoms with E-state index in [2.05, 4.69) is 19.2 Å². The molecule has 0 spiro atoms. The Hall–Kier alpha value is -0.360. The van der Waals surface area contributed by atoms with Crippen LogP contribution in [-0.2, 0) is 14.3 Å². The second kappa shape index (κ2) is 12.4. The lowest BCUT2D eigenvalue weighted by Crippen LogP contribution is -2.30. The highest BCUT2D eigenvalue weighted by atomic mass is 33.1. The molecule has 1 N–H and O–H groups in total. The predicted octanol–water partition coefficient (Wildman–Crippen LogP) is 3.51. The Kier molecular flexibility index (Phi) is 12.2. The molecule has 1 amide bonds. The van der Waals surface area contributed by atoms with Gasteiger partial charge in [-0.05, 0) is 26.2 Å². The Morgan fingerprint density at radius 1 is 1.10 bits per heavy atom. The van der Waals surface area contributed by atoms with Crippen LogP contribution in [0.15, 0.2) is 0 Å². The zero-order valence-corrected chi connectivity index (χ0v) is 14.6. The van der Waals surface area contributed by atoms with Crippen LogP contribution < -0.4 is 5.32 Å². The van der Waals surface area contributed by atoms with E-state index in [0.717, 1.165) is 17.4 Å². The van der Waals surface area contributed by atoms with Crippen molar-refractivity contribution in [3.8, 4) is 0 Å². The summed E-state index contributed by atoms with van der Waals surface area (Å²) < 4.78 is 5.07. The molecule has 0 fully saturated rings. The number of carbonyl (C=O) groups is 2. The number of esters is 1. The minimum atomic E-state index is -0.295. The van der Waals surface area contributed by atoms with Gasteiger partial charge < -0.3 is 10.1 Å². The highest BCUT2D eigenvalue weighted by Gasteiger charge is 2.08. The average Bonchev–Trinajstić information content (AvgIpc) is 2.34. The zero-order chi connectivity index (χ0) is 15.4. The topological polar surface area (TPSA) is 55.4 Å². The molecule has 0 saturated heterocycles. The summed E-state index contributed by atoms with van der Waals surface area (Å²) in [6.07, 6.45) is 1.57. The van der Waals surface area contributed by atoms with E-state index in [-0.39, 0.29) is 32.2 Å². The van der Waals surface area contributed by atoms with Gasteiger partial charge in [0.15, 0.2) is 0 Å². The Labute approximate surface area is 132 Å². The number of rotatable bonds is 11. The van der Waals surface area contributed by atoms with Gasteiger partial charge in [-0.1, -0.05) is 35.4 Å². The van der Waals surface area contributed by atoms with Crippen LogP contribution in [0.4, 0.5) is 0 Å². The summed E-state index contributed by atoms with van der Waals surface area (Å²) in [5.74, 6) is 2.27. The van der Waals surface area contributed by atoms with Crippen LogP contribution >= 0.6 is 21.6 Å². The number of hydrogen-bond acceptors (Lipinski definition) is 5. The third-order valence-electron chi connectivity index (χ3n) is 2.30. The van der Waals surface area contributed by atoms with Gasteiger partial charge in [0, 0.05) is 25.4 Å². The van der Waals surface area contributed by atoms with Crippen molar-refractivity contribution in [2.24, 2.45) is 5.92 Å². The largest absolute Gasteiger partial charge is 0.465 e. The molecule has 0 heterocycles. The number of carbonyl (C=O) groups excluding carboxylic acids is 2. The van der Waals surface area contributed by atoms with Gasteiger partial charge in [-0.3, -0.25) is 9.59 Å². The Bertz CT molecular complexity index is 289. The zero-order valence-electron chi connectivity index (χ0n) is 12.9. The van der Waals surface area contributed by atoms with Gasteiger partial charge in [0.1, 0.15) is 6.61 Å². The van der Waals surface area contributed by atoms with Gasteiger partial charge in [-0.25, -0.2) is 0 Å². The Morgan fingerprint density at radius 3 is 2.35 bits per heavy atom. The Morgan fingerprint density at radius 2 is 1.75 bits per heavy atom. The predicted molar refractivity (Wildman–Crippen MR) is 90.0 cm³/mol. The summed E-state index contributed by atoms with van der Waals surface area (Å²) >= 11 is 0. The fourth-order valence-corrected chi connectivity index (χ4v) is 3.43. The number of nitrogens with one attached hydrogen (secondary N) is 1. The molecule has 0 aliphatic heterocycles. The van der Waals surface area contributed by atoms with Gasteiger partial charge in [-0.15, -0.1) is 0 Å². The van der Waals surface area contributed by atoms with Gasteiger partial charge in [0.25, 0.3) is 0 Å². The van der Waals surface area contributed by atoms with Crippen molar-refractivity contribution in [1.29, 1.82) is 0 Å². The van der Waals surface area contributed by atoms with E-state index < -0.39 is 0 Å². The standard InChI is InChI=1S/C14H27NO3S2.H2/c1-11(2)7-9-19-20-10-8-18-14(17)6-5-13(16)15-12(3)4;/h11-12H,5-10H2,1-4H3,(H,15,16);1H. The van der Waals surface area contributed by atoms with Crippen molar-refractivity contribution in [2.45, 2.75) is 53.0 Å². The first-order valence-electron chi connectivity index (χ1n) is 7.11. The molecule has 0 bridgehead atoms. The van der Waals surface area contributed by atoms with Crippen LogP contribution in [-0.4, -0.2) is 36.0 Å². The minimum absolute atomic E-state index is 0. The van der Waals surface area contributed by atoms with Gasteiger partial charge >= 0.3 is 5.97 Å². The van der Waals surface area contributed by atoms with Crippen molar-refractivity contribution in [2.75, 3.05) is 18.1 Å². The monoisotopic (exact) mass is 323 g/mol. The molecule has 0 unspecified atom stereocenters. The first-order valence-corrected chi connectivity index (χ1v) is 9.60. The van der Waals surface area contributed by atoms with Crippen molar-refractivity contribution in [1.82, 2.24) is 5.32 Å². The van der Waals surface area contributed by atoms with E-state index in [0.29, 0.717) is 6.61 Å². The average molecular weight is 324 g/mol. The number of hydrogen-bond donors (Lipinski definition) is 1. The van der Waals surface area contributed by atoms with Gasteiger partial charge in [-0.2, -0.15) is 0 Å². The van der Waals surface area contributed by atoms with Crippen LogP contribution in [0, 0.1) is 5.92 Å². The molecule has 0 radical (unpaired) electrons. The summed E-state index contributed by atoms with van der Waals surface area (Å²) in [7, 11) is 3.55. The third kappa shape index (κ3) is 14.1. The molecule has 0 aliphatic rings. The molecular weight excluding hydrogens is 294 g/mol.